The van der Waals surface area contributed by atoms with Gasteiger partial charge in [-0.3, -0.25) is 14.5 Å². The van der Waals surface area contributed by atoms with Crippen LogP contribution in [0.3, 0.4) is 0 Å². The van der Waals surface area contributed by atoms with Crippen molar-refractivity contribution in [2.45, 2.75) is 19.4 Å². The smallest absolute Gasteiger partial charge is 0.329 e. The predicted octanol–water partition coefficient (Wildman–Crippen LogP) is 4.39. The Kier molecular flexibility index (Phi) is 8.40. The molecule has 6 nitrogen and oxygen atoms in total. The van der Waals surface area contributed by atoms with E-state index in [4.69, 9.17) is 39.5 Å². The zero-order valence-corrected chi connectivity index (χ0v) is 19.8. The Morgan fingerprint density at radius 2 is 1.62 bits per heavy atom. The standard InChI is InChI=1S/C23H23Cl3N2O4/c1-2-32-23(31)20(28-21(29)16-5-3-4-6-17(16)22(28)30)14-15-7-8-19(18(26)13-15)27(11-9-24)12-10-25/h3-8,13,20H,2,9-12,14H2,1H3/t20-/m0/s1. The van der Waals surface area contributed by atoms with Crippen molar-refractivity contribution in [3.8, 4) is 0 Å². The highest BCUT2D eigenvalue weighted by molar-refractivity contribution is 6.33. The molecule has 0 aliphatic carbocycles. The topological polar surface area (TPSA) is 66.9 Å². The van der Waals surface area contributed by atoms with Crippen LogP contribution in [-0.2, 0) is 16.0 Å². The summed E-state index contributed by atoms with van der Waals surface area (Å²) in [5, 5.41) is 0.461. The summed E-state index contributed by atoms with van der Waals surface area (Å²) >= 11 is 18.3. The second kappa shape index (κ2) is 11.0. The van der Waals surface area contributed by atoms with Gasteiger partial charge in [-0.25, -0.2) is 4.79 Å². The van der Waals surface area contributed by atoms with Crippen LogP contribution in [0, 0.1) is 0 Å². The number of amides is 2. The monoisotopic (exact) mass is 496 g/mol. The van der Waals surface area contributed by atoms with Crippen LogP contribution in [0.15, 0.2) is 42.5 Å². The first-order chi connectivity index (χ1) is 15.4. The lowest BCUT2D eigenvalue weighted by Crippen LogP contribution is -2.47. The van der Waals surface area contributed by atoms with E-state index in [-0.39, 0.29) is 24.2 Å². The maximum absolute atomic E-state index is 12.9. The number of nitrogens with zero attached hydrogens (tertiary/aromatic N) is 2. The summed E-state index contributed by atoms with van der Waals surface area (Å²) in [5.74, 6) is -0.837. The summed E-state index contributed by atoms with van der Waals surface area (Å²) < 4.78 is 5.18. The third kappa shape index (κ3) is 5.03. The fourth-order valence-corrected chi connectivity index (χ4v) is 4.45. The number of rotatable bonds is 10. The number of alkyl halides is 2. The molecule has 1 aliphatic rings. The van der Waals surface area contributed by atoms with Crippen molar-refractivity contribution in [2.24, 2.45) is 0 Å². The maximum Gasteiger partial charge on any atom is 0.329 e. The molecule has 9 heteroatoms. The molecule has 1 aliphatic heterocycles. The number of benzene rings is 2. The Bertz CT molecular complexity index is 973. The molecule has 0 spiro atoms. The minimum absolute atomic E-state index is 0.0787. The predicted molar refractivity (Wildman–Crippen MR) is 126 cm³/mol. The summed E-state index contributed by atoms with van der Waals surface area (Å²) in [7, 11) is 0. The molecule has 0 bridgehead atoms. The summed E-state index contributed by atoms with van der Waals surface area (Å²) in [5.41, 5.74) is 2.01. The van der Waals surface area contributed by atoms with E-state index in [1.54, 1.807) is 43.3 Å². The lowest BCUT2D eigenvalue weighted by Gasteiger charge is -2.26. The SMILES string of the molecule is CCOC(=O)[C@H](Cc1ccc(N(CCCl)CCCl)c(Cl)c1)N1C(=O)c2ccccc2C1=O. The molecule has 2 amide bonds. The largest absolute Gasteiger partial charge is 0.464 e. The van der Waals surface area contributed by atoms with E-state index in [0.29, 0.717) is 35.4 Å². The van der Waals surface area contributed by atoms with Crippen molar-refractivity contribution in [1.29, 1.82) is 0 Å². The number of halogens is 3. The normalized spacial score (nSPS) is 13.8. The first kappa shape index (κ1) is 24.4. The summed E-state index contributed by atoms with van der Waals surface area (Å²) in [6.07, 6.45) is 0.0787. The average molecular weight is 498 g/mol. The van der Waals surface area contributed by atoms with Crippen molar-refractivity contribution in [2.75, 3.05) is 36.4 Å². The lowest BCUT2D eigenvalue weighted by atomic mass is 10.0. The quantitative estimate of drug-likeness (QED) is 0.277. The van der Waals surface area contributed by atoms with Crippen LogP contribution in [-0.4, -0.2) is 60.2 Å². The molecule has 0 radical (unpaired) electrons. The molecule has 0 saturated carbocycles. The number of anilines is 1. The van der Waals surface area contributed by atoms with Gasteiger partial charge in [-0.2, -0.15) is 0 Å². The fourth-order valence-electron chi connectivity index (χ4n) is 3.72. The Morgan fingerprint density at radius 1 is 1.03 bits per heavy atom. The van der Waals surface area contributed by atoms with Crippen LogP contribution >= 0.6 is 34.8 Å². The molecule has 1 heterocycles. The minimum Gasteiger partial charge on any atom is -0.464 e. The Hall–Kier alpha value is -2.28. The van der Waals surface area contributed by atoms with Gasteiger partial charge in [0.2, 0.25) is 0 Å². The highest BCUT2D eigenvalue weighted by Gasteiger charge is 2.43. The molecule has 2 aromatic rings. The van der Waals surface area contributed by atoms with E-state index in [0.717, 1.165) is 10.6 Å². The maximum atomic E-state index is 12.9. The first-order valence-corrected chi connectivity index (χ1v) is 11.7. The van der Waals surface area contributed by atoms with E-state index in [1.165, 1.54) is 0 Å². The highest BCUT2D eigenvalue weighted by Crippen LogP contribution is 2.30. The van der Waals surface area contributed by atoms with Gasteiger partial charge in [-0.1, -0.05) is 29.8 Å². The van der Waals surface area contributed by atoms with E-state index in [2.05, 4.69) is 0 Å². The number of ether oxygens (including phenoxy) is 1. The molecular formula is C23H23Cl3N2O4. The van der Waals surface area contributed by atoms with Crippen LogP contribution < -0.4 is 4.90 Å². The molecular weight excluding hydrogens is 475 g/mol. The summed E-state index contributed by atoms with van der Waals surface area (Å²) in [6.45, 7) is 2.96. The van der Waals surface area contributed by atoms with Gasteiger partial charge in [0.15, 0.2) is 0 Å². The van der Waals surface area contributed by atoms with Gasteiger partial charge in [-0.15, -0.1) is 23.2 Å². The average Bonchev–Trinajstić information content (AvgIpc) is 3.03. The van der Waals surface area contributed by atoms with Crippen LogP contribution in [0.5, 0.6) is 0 Å². The first-order valence-electron chi connectivity index (χ1n) is 10.2. The highest BCUT2D eigenvalue weighted by atomic mass is 35.5. The number of carbonyl (C=O) groups is 3. The number of hydrogen-bond donors (Lipinski definition) is 0. The molecule has 0 N–H and O–H groups in total. The Labute approximate surface area is 202 Å². The summed E-state index contributed by atoms with van der Waals surface area (Å²) in [4.78, 5) is 41.6. The van der Waals surface area contributed by atoms with Gasteiger partial charge in [0, 0.05) is 31.3 Å². The van der Waals surface area contributed by atoms with Gasteiger partial charge >= 0.3 is 5.97 Å². The number of hydrogen-bond acceptors (Lipinski definition) is 5. The van der Waals surface area contributed by atoms with Crippen molar-refractivity contribution in [3.63, 3.8) is 0 Å². The zero-order chi connectivity index (χ0) is 23.3. The van der Waals surface area contributed by atoms with Crippen molar-refractivity contribution in [3.05, 3.63) is 64.2 Å². The molecule has 170 valence electrons. The van der Waals surface area contributed by atoms with E-state index in [1.807, 2.05) is 11.0 Å². The number of imide groups is 1. The Balaban J connectivity index is 1.90. The zero-order valence-electron chi connectivity index (χ0n) is 17.5. The second-order valence-electron chi connectivity index (χ2n) is 7.15. The molecule has 0 aromatic heterocycles. The lowest BCUT2D eigenvalue weighted by molar-refractivity contribution is -0.147. The van der Waals surface area contributed by atoms with Crippen LogP contribution in [0.2, 0.25) is 5.02 Å². The molecule has 32 heavy (non-hydrogen) atoms. The molecule has 0 unspecified atom stereocenters. The van der Waals surface area contributed by atoms with E-state index >= 15 is 0 Å². The summed E-state index contributed by atoms with van der Waals surface area (Å²) in [6, 6.07) is 10.8. The number of fused-ring (bicyclic) bond motifs is 1. The minimum atomic E-state index is -1.11. The van der Waals surface area contributed by atoms with Crippen molar-refractivity contribution < 1.29 is 19.1 Å². The van der Waals surface area contributed by atoms with Gasteiger partial charge in [-0.05, 0) is 36.8 Å². The van der Waals surface area contributed by atoms with E-state index in [9.17, 15) is 14.4 Å². The molecule has 0 fully saturated rings. The molecule has 1 atom stereocenters. The fraction of sp³-hybridized carbons (Fsp3) is 0.348. The van der Waals surface area contributed by atoms with Crippen LogP contribution in [0.25, 0.3) is 0 Å². The molecule has 2 aromatic carbocycles. The Morgan fingerprint density at radius 3 is 2.12 bits per heavy atom. The van der Waals surface area contributed by atoms with Crippen LogP contribution in [0.1, 0.15) is 33.2 Å². The van der Waals surface area contributed by atoms with Gasteiger partial charge < -0.3 is 9.64 Å². The molecule has 3 rings (SSSR count). The van der Waals surface area contributed by atoms with Gasteiger partial charge in [0.05, 0.1) is 28.4 Å². The number of carbonyl (C=O) groups excluding carboxylic acids is 3. The van der Waals surface area contributed by atoms with E-state index < -0.39 is 23.8 Å². The van der Waals surface area contributed by atoms with Crippen molar-refractivity contribution in [1.82, 2.24) is 4.90 Å². The second-order valence-corrected chi connectivity index (χ2v) is 8.31. The van der Waals surface area contributed by atoms with Gasteiger partial charge in [0.25, 0.3) is 11.8 Å². The van der Waals surface area contributed by atoms with Crippen LogP contribution in [0.4, 0.5) is 5.69 Å². The van der Waals surface area contributed by atoms with Crippen molar-refractivity contribution >= 4 is 58.3 Å². The number of esters is 1. The van der Waals surface area contributed by atoms with Gasteiger partial charge in [0.1, 0.15) is 6.04 Å². The third-order valence-electron chi connectivity index (χ3n) is 5.19. The third-order valence-corrected chi connectivity index (χ3v) is 5.83. The molecule has 0 saturated heterocycles.